The number of anilines is 1. The molecule has 1 saturated heterocycles. The van der Waals surface area contributed by atoms with E-state index < -0.39 is 0 Å². The molecule has 1 aliphatic rings. The van der Waals surface area contributed by atoms with Crippen molar-refractivity contribution in [3.05, 3.63) is 59.1 Å². The number of hydrogen-bond acceptors (Lipinski definition) is 4. The van der Waals surface area contributed by atoms with E-state index in [0.717, 1.165) is 36.6 Å². The lowest BCUT2D eigenvalue weighted by Crippen LogP contribution is -2.44. The van der Waals surface area contributed by atoms with Crippen molar-refractivity contribution >= 4 is 35.0 Å². The van der Waals surface area contributed by atoms with Gasteiger partial charge in [0.15, 0.2) is 0 Å². The minimum atomic E-state index is -0.157. The highest BCUT2D eigenvalue weighted by Crippen LogP contribution is 2.25. The molecule has 6 heteroatoms. The van der Waals surface area contributed by atoms with E-state index in [-0.39, 0.29) is 11.2 Å². The highest BCUT2D eigenvalue weighted by molar-refractivity contribution is 8.00. The van der Waals surface area contributed by atoms with Gasteiger partial charge in [0.25, 0.3) is 0 Å². The summed E-state index contributed by atoms with van der Waals surface area (Å²) in [6.07, 6.45) is 0. The van der Waals surface area contributed by atoms with Crippen molar-refractivity contribution in [3.8, 4) is 0 Å². The first-order valence-electron chi connectivity index (χ1n) is 9.23. The lowest BCUT2D eigenvalue weighted by atomic mass is 10.1. The number of hydrogen-bond donors (Lipinski definition) is 1. The fourth-order valence-corrected chi connectivity index (χ4v) is 4.01. The average Bonchev–Trinajstić information content (AvgIpc) is 2.69. The average molecular weight is 404 g/mol. The molecule has 0 saturated carbocycles. The first kappa shape index (κ1) is 20.1. The molecule has 1 heterocycles. The number of halogens is 1. The van der Waals surface area contributed by atoms with Crippen molar-refractivity contribution in [2.75, 3.05) is 38.1 Å². The minimum Gasteiger partial charge on any atom is -0.369 e. The summed E-state index contributed by atoms with van der Waals surface area (Å²) < 4.78 is 0. The van der Waals surface area contributed by atoms with Crippen molar-refractivity contribution in [1.82, 2.24) is 10.2 Å². The number of likely N-dealkylation sites (N-methyl/N-ethyl adjacent to an activating group) is 1. The van der Waals surface area contributed by atoms with Crippen LogP contribution in [0.3, 0.4) is 0 Å². The summed E-state index contributed by atoms with van der Waals surface area (Å²) >= 11 is 7.44. The van der Waals surface area contributed by atoms with Crippen LogP contribution in [0.4, 0.5) is 5.69 Å². The summed E-state index contributed by atoms with van der Waals surface area (Å²) in [5.74, 6) is 0.0399. The molecular weight excluding hydrogens is 378 g/mol. The van der Waals surface area contributed by atoms with Gasteiger partial charge < -0.3 is 15.1 Å². The number of amides is 1. The van der Waals surface area contributed by atoms with E-state index in [1.54, 1.807) is 0 Å². The lowest BCUT2D eigenvalue weighted by Gasteiger charge is -2.34. The fraction of sp³-hybridized carbons (Fsp3) is 0.381. The third-order valence-corrected chi connectivity index (χ3v) is 6.13. The van der Waals surface area contributed by atoms with Crippen LogP contribution in [-0.2, 0) is 11.3 Å². The maximum Gasteiger partial charge on any atom is 0.233 e. The molecule has 4 nitrogen and oxygen atoms in total. The van der Waals surface area contributed by atoms with E-state index in [2.05, 4.69) is 46.4 Å². The van der Waals surface area contributed by atoms with E-state index in [1.807, 2.05) is 31.2 Å². The molecule has 2 aromatic carbocycles. The summed E-state index contributed by atoms with van der Waals surface area (Å²) in [5, 5.41) is 3.58. The van der Waals surface area contributed by atoms with Gasteiger partial charge in [-0.15, -0.1) is 11.8 Å². The molecular formula is C21H26ClN3OS. The molecule has 0 bridgehead atoms. The largest absolute Gasteiger partial charge is 0.369 e. The summed E-state index contributed by atoms with van der Waals surface area (Å²) in [6.45, 7) is 6.79. The fourth-order valence-electron chi connectivity index (χ4n) is 2.99. The van der Waals surface area contributed by atoms with Gasteiger partial charge in [0.05, 0.1) is 5.25 Å². The van der Waals surface area contributed by atoms with Crippen LogP contribution >= 0.6 is 23.4 Å². The molecule has 1 fully saturated rings. The lowest BCUT2D eigenvalue weighted by molar-refractivity contribution is -0.120. The van der Waals surface area contributed by atoms with Gasteiger partial charge in [-0.05, 0) is 55.9 Å². The molecule has 0 aliphatic carbocycles. The molecule has 0 radical (unpaired) electrons. The normalized spacial score (nSPS) is 16.2. The maximum absolute atomic E-state index is 12.4. The second-order valence-corrected chi connectivity index (χ2v) is 8.74. The SMILES string of the molecule is C[C@H](Sc1ccc(Cl)cc1)C(=O)NCc1ccc(N2CCN(C)CC2)cc1. The Kier molecular flexibility index (Phi) is 7.05. The number of rotatable bonds is 6. The number of thioether (sulfide) groups is 1. The van der Waals surface area contributed by atoms with Gasteiger partial charge in [-0.2, -0.15) is 0 Å². The van der Waals surface area contributed by atoms with Crippen molar-refractivity contribution in [2.45, 2.75) is 23.6 Å². The highest BCUT2D eigenvalue weighted by Gasteiger charge is 2.15. The summed E-state index contributed by atoms with van der Waals surface area (Å²) in [5.41, 5.74) is 2.37. The zero-order valence-corrected chi connectivity index (χ0v) is 17.4. The van der Waals surface area contributed by atoms with E-state index in [0.29, 0.717) is 11.6 Å². The first-order valence-corrected chi connectivity index (χ1v) is 10.5. The van der Waals surface area contributed by atoms with Crippen molar-refractivity contribution in [2.24, 2.45) is 0 Å². The molecule has 27 heavy (non-hydrogen) atoms. The van der Waals surface area contributed by atoms with Gasteiger partial charge in [-0.25, -0.2) is 0 Å². The standard InChI is InChI=1S/C21H26ClN3OS/c1-16(27-20-9-5-18(22)6-10-20)21(26)23-15-17-3-7-19(8-4-17)25-13-11-24(2)12-14-25/h3-10,16H,11-15H2,1-2H3,(H,23,26)/t16-/m0/s1. The Bertz CT molecular complexity index is 743. The van der Waals surface area contributed by atoms with Gasteiger partial charge in [0, 0.05) is 48.3 Å². The van der Waals surface area contributed by atoms with E-state index in [1.165, 1.54) is 17.4 Å². The molecule has 1 atom stereocenters. The Morgan fingerprint density at radius 3 is 2.33 bits per heavy atom. The monoisotopic (exact) mass is 403 g/mol. The Labute approximate surface area is 170 Å². The van der Waals surface area contributed by atoms with E-state index in [9.17, 15) is 4.79 Å². The van der Waals surface area contributed by atoms with E-state index in [4.69, 9.17) is 11.6 Å². The first-order chi connectivity index (χ1) is 13.0. The van der Waals surface area contributed by atoms with Gasteiger partial charge in [0.1, 0.15) is 0 Å². The number of piperazine rings is 1. The number of nitrogens with one attached hydrogen (secondary N) is 1. The van der Waals surface area contributed by atoms with Crippen LogP contribution < -0.4 is 10.2 Å². The molecule has 2 aromatic rings. The zero-order valence-electron chi connectivity index (χ0n) is 15.8. The molecule has 1 aliphatic heterocycles. The third kappa shape index (κ3) is 5.89. The van der Waals surface area contributed by atoms with E-state index >= 15 is 0 Å². The van der Waals surface area contributed by atoms with Gasteiger partial charge in [0.2, 0.25) is 5.91 Å². The number of nitrogens with zero attached hydrogens (tertiary/aromatic N) is 2. The Morgan fingerprint density at radius 1 is 1.07 bits per heavy atom. The molecule has 0 spiro atoms. The number of benzene rings is 2. The quantitative estimate of drug-likeness (QED) is 0.742. The number of carbonyl (C=O) groups is 1. The van der Waals surface area contributed by atoms with Crippen LogP contribution in [0, 0.1) is 0 Å². The second-order valence-electron chi connectivity index (χ2n) is 6.89. The number of carbonyl (C=O) groups excluding carboxylic acids is 1. The summed E-state index contributed by atoms with van der Waals surface area (Å²) in [6, 6.07) is 16.1. The molecule has 144 valence electrons. The van der Waals surface area contributed by atoms with Gasteiger partial charge >= 0.3 is 0 Å². The minimum absolute atomic E-state index is 0.0399. The van der Waals surface area contributed by atoms with Crippen LogP contribution in [0.1, 0.15) is 12.5 Å². The van der Waals surface area contributed by atoms with Crippen molar-refractivity contribution in [1.29, 1.82) is 0 Å². The Morgan fingerprint density at radius 2 is 1.70 bits per heavy atom. The zero-order chi connectivity index (χ0) is 19.2. The molecule has 1 N–H and O–H groups in total. The Balaban J connectivity index is 1.47. The molecule has 0 aromatic heterocycles. The second kappa shape index (κ2) is 9.49. The van der Waals surface area contributed by atoms with Gasteiger partial charge in [-0.1, -0.05) is 23.7 Å². The third-order valence-electron chi connectivity index (χ3n) is 4.77. The smallest absolute Gasteiger partial charge is 0.233 e. The van der Waals surface area contributed by atoms with Crippen LogP contribution in [-0.4, -0.2) is 49.3 Å². The van der Waals surface area contributed by atoms with Gasteiger partial charge in [-0.3, -0.25) is 4.79 Å². The summed E-state index contributed by atoms with van der Waals surface area (Å²) in [4.78, 5) is 18.2. The van der Waals surface area contributed by atoms with Crippen LogP contribution in [0.2, 0.25) is 5.02 Å². The molecule has 0 unspecified atom stereocenters. The summed E-state index contributed by atoms with van der Waals surface area (Å²) in [7, 11) is 2.16. The molecule has 3 rings (SSSR count). The van der Waals surface area contributed by atoms with Crippen LogP contribution in [0.15, 0.2) is 53.4 Å². The van der Waals surface area contributed by atoms with Crippen molar-refractivity contribution < 1.29 is 4.79 Å². The van der Waals surface area contributed by atoms with Crippen LogP contribution in [0.25, 0.3) is 0 Å². The molecule has 1 amide bonds. The maximum atomic E-state index is 12.4. The topological polar surface area (TPSA) is 35.6 Å². The van der Waals surface area contributed by atoms with Crippen molar-refractivity contribution in [3.63, 3.8) is 0 Å². The predicted molar refractivity (Wildman–Crippen MR) is 115 cm³/mol. The highest BCUT2D eigenvalue weighted by atomic mass is 35.5. The predicted octanol–water partition coefficient (Wildman–Crippen LogP) is 3.89. The Hall–Kier alpha value is -1.69. The van der Waals surface area contributed by atoms with Crippen LogP contribution in [0.5, 0.6) is 0 Å².